The normalized spacial score (nSPS) is 12.5. The highest BCUT2D eigenvalue weighted by Gasteiger charge is 2.17. The largest absolute Gasteiger partial charge is 0.493 e. The zero-order valence-electron chi connectivity index (χ0n) is 11.0. The number of alkyl halides is 2. The lowest BCUT2D eigenvalue weighted by molar-refractivity contribution is -0.0513. The van der Waals surface area contributed by atoms with Crippen LogP contribution in [-0.4, -0.2) is 18.8 Å². The molecule has 0 aliphatic rings. The molecule has 0 bridgehead atoms. The molecule has 6 heteroatoms. The molecule has 0 saturated carbocycles. The smallest absolute Gasteiger partial charge is 0.387 e. The van der Waals surface area contributed by atoms with Crippen LogP contribution in [0.1, 0.15) is 22.1 Å². The minimum atomic E-state index is -2.94. The third-order valence-electron chi connectivity index (χ3n) is 2.79. The second kappa shape index (κ2) is 6.19. The van der Waals surface area contributed by atoms with Crippen LogP contribution in [0, 0.1) is 6.92 Å². The SMILES string of the molecule is COc1ccc(C(O)c2csc(C)c2)cc1OC(F)F. The van der Waals surface area contributed by atoms with Crippen LogP contribution < -0.4 is 9.47 Å². The van der Waals surface area contributed by atoms with Crippen molar-refractivity contribution in [1.82, 2.24) is 0 Å². The lowest BCUT2D eigenvalue weighted by Gasteiger charge is -2.14. The highest BCUT2D eigenvalue weighted by Crippen LogP contribution is 2.34. The maximum absolute atomic E-state index is 12.4. The number of benzene rings is 1. The molecule has 2 aromatic rings. The van der Waals surface area contributed by atoms with Crippen LogP contribution in [0.3, 0.4) is 0 Å². The molecule has 1 atom stereocenters. The molecule has 0 amide bonds. The van der Waals surface area contributed by atoms with Gasteiger partial charge in [-0.05, 0) is 41.6 Å². The molecular formula is C14H14F2O3S. The van der Waals surface area contributed by atoms with Crippen molar-refractivity contribution in [3.05, 3.63) is 45.6 Å². The van der Waals surface area contributed by atoms with E-state index in [-0.39, 0.29) is 11.5 Å². The van der Waals surface area contributed by atoms with Crippen LogP contribution in [0.25, 0.3) is 0 Å². The Hall–Kier alpha value is -1.66. The number of hydrogen-bond acceptors (Lipinski definition) is 4. The summed E-state index contributed by atoms with van der Waals surface area (Å²) in [5.41, 5.74) is 1.19. The van der Waals surface area contributed by atoms with Crippen molar-refractivity contribution in [3.8, 4) is 11.5 Å². The van der Waals surface area contributed by atoms with Gasteiger partial charge in [0.15, 0.2) is 11.5 Å². The average Bonchev–Trinajstić information content (AvgIpc) is 2.84. The van der Waals surface area contributed by atoms with E-state index in [4.69, 9.17) is 4.74 Å². The van der Waals surface area contributed by atoms with Gasteiger partial charge in [0.05, 0.1) is 7.11 Å². The van der Waals surface area contributed by atoms with Crippen molar-refractivity contribution >= 4 is 11.3 Å². The van der Waals surface area contributed by atoms with Gasteiger partial charge in [-0.3, -0.25) is 0 Å². The van der Waals surface area contributed by atoms with Crippen LogP contribution in [0.2, 0.25) is 0 Å². The molecule has 0 aliphatic carbocycles. The van der Waals surface area contributed by atoms with Gasteiger partial charge in [0.25, 0.3) is 0 Å². The van der Waals surface area contributed by atoms with E-state index >= 15 is 0 Å². The molecule has 2 rings (SSSR count). The topological polar surface area (TPSA) is 38.7 Å². The third kappa shape index (κ3) is 3.26. The van der Waals surface area contributed by atoms with E-state index < -0.39 is 12.7 Å². The minimum Gasteiger partial charge on any atom is -0.493 e. The van der Waals surface area contributed by atoms with Gasteiger partial charge < -0.3 is 14.6 Å². The molecule has 1 N–H and O–H groups in total. The zero-order chi connectivity index (χ0) is 14.7. The van der Waals surface area contributed by atoms with Gasteiger partial charge in [0, 0.05) is 4.88 Å². The number of aliphatic hydroxyl groups is 1. The van der Waals surface area contributed by atoms with E-state index in [0.29, 0.717) is 5.56 Å². The fourth-order valence-electron chi connectivity index (χ4n) is 1.85. The fraction of sp³-hybridized carbons (Fsp3) is 0.286. The number of rotatable bonds is 5. The molecule has 20 heavy (non-hydrogen) atoms. The van der Waals surface area contributed by atoms with Gasteiger partial charge in [-0.1, -0.05) is 6.07 Å². The monoisotopic (exact) mass is 300 g/mol. The van der Waals surface area contributed by atoms with Crippen LogP contribution in [0.4, 0.5) is 8.78 Å². The van der Waals surface area contributed by atoms with Gasteiger partial charge in [-0.15, -0.1) is 11.3 Å². The molecule has 0 spiro atoms. The first-order valence-corrected chi connectivity index (χ1v) is 6.75. The number of hydrogen-bond donors (Lipinski definition) is 1. The summed E-state index contributed by atoms with van der Waals surface area (Å²) >= 11 is 1.51. The van der Waals surface area contributed by atoms with Crippen LogP contribution >= 0.6 is 11.3 Å². The van der Waals surface area contributed by atoms with E-state index in [2.05, 4.69) is 4.74 Å². The van der Waals surface area contributed by atoms with Gasteiger partial charge in [-0.25, -0.2) is 0 Å². The Labute approximate surface area is 119 Å². The van der Waals surface area contributed by atoms with Crippen molar-refractivity contribution in [3.63, 3.8) is 0 Å². The maximum atomic E-state index is 12.4. The molecule has 0 saturated heterocycles. The summed E-state index contributed by atoms with van der Waals surface area (Å²) in [4.78, 5) is 1.07. The number of aliphatic hydroxyl groups excluding tert-OH is 1. The Morgan fingerprint density at radius 3 is 2.45 bits per heavy atom. The summed E-state index contributed by atoms with van der Waals surface area (Å²) in [7, 11) is 1.37. The van der Waals surface area contributed by atoms with Gasteiger partial charge in [0.2, 0.25) is 0 Å². The lowest BCUT2D eigenvalue weighted by Crippen LogP contribution is -2.05. The predicted octanol–water partition coefficient (Wildman–Crippen LogP) is 3.75. The highest BCUT2D eigenvalue weighted by atomic mass is 32.1. The van der Waals surface area contributed by atoms with E-state index in [1.165, 1.54) is 30.6 Å². The van der Waals surface area contributed by atoms with Crippen molar-refractivity contribution < 1.29 is 23.4 Å². The minimum absolute atomic E-state index is 0.0917. The lowest BCUT2D eigenvalue weighted by atomic mass is 10.0. The second-order valence-corrected chi connectivity index (χ2v) is 5.30. The fourth-order valence-corrected chi connectivity index (χ4v) is 2.57. The summed E-state index contributed by atoms with van der Waals surface area (Å²) in [6, 6.07) is 6.33. The van der Waals surface area contributed by atoms with Crippen molar-refractivity contribution in [2.45, 2.75) is 19.6 Å². The Kier molecular flexibility index (Phi) is 4.57. The molecule has 1 aromatic heterocycles. The summed E-state index contributed by atoms with van der Waals surface area (Å²) in [5, 5.41) is 12.1. The number of aryl methyl sites for hydroxylation is 1. The highest BCUT2D eigenvalue weighted by molar-refractivity contribution is 7.10. The molecule has 1 heterocycles. The van der Waals surface area contributed by atoms with Gasteiger partial charge in [0.1, 0.15) is 6.10 Å². The van der Waals surface area contributed by atoms with Gasteiger partial charge in [-0.2, -0.15) is 8.78 Å². The number of ether oxygens (including phenoxy) is 2. The Morgan fingerprint density at radius 1 is 1.15 bits per heavy atom. The molecule has 3 nitrogen and oxygen atoms in total. The first-order chi connectivity index (χ1) is 9.51. The van der Waals surface area contributed by atoms with E-state index in [0.717, 1.165) is 10.4 Å². The number of halogens is 2. The zero-order valence-corrected chi connectivity index (χ0v) is 11.8. The summed E-state index contributed by atoms with van der Waals surface area (Å²) < 4.78 is 34.1. The molecular weight excluding hydrogens is 286 g/mol. The summed E-state index contributed by atoms with van der Waals surface area (Å²) in [6.45, 7) is -1.01. The van der Waals surface area contributed by atoms with E-state index in [1.54, 1.807) is 6.07 Å². The van der Waals surface area contributed by atoms with Gasteiger partial charge >= 0.3 is 6.61 Å². The van der Waals surface area contributed by atoms with Crippen molar-refractivity contribution in [2.75, 3.05) is 7.11 Å². The summed E-state index contributed by atoms with van der Waals surface area (Å²) in [6.07, 6.45) is -0.883. The molecule has 0 fully saturated rings. The van der Waals surface area contributed by atoms with Crippen LogP contribution in [-0.2, 0) is 0 Å². The Morgan fingerprint density at radius 2 is 1.90 bits per heavy atom. The second-order valence-electron chi connectivity index (χ2n) is 4.18. The molecule has 0 radical (unpaired) electrons. The first-order valence-electron chi connectivity index (χ1n) is 5.87. The quantitative estimate of drug-likeness (QED) is 0.914. The van der Waals surface area contributed by atoms with E-state index in [1.807, 2.05) is 18.4 Å². The molecule has 1 aromatic carbocycles. The molecule has 0 aliphatic heterocycles. The molecule has 108 valence electrons. The van der Waals surface area contributed by atoms with Crippen LogP contribution in [0.5, 0.6) is 11.5 Å². The summed E-state index contributed by atoms with van der Waals surface area (Å²) in [5.74, 6) is 0.105. The maximum Gasteiger partial charge on any atom is 0.387 e. The Balaban J connectivity index is 2.32. The number of methoxy groups -OCH3 is 1. The van der Waals surface area contributed by atoms with Crippen molar-refractivity contribution in [1.29, 1.82) is 0 Å². The average molecular weight is 300 g/mol. The van der Waals surface area contributed by atoms with Crippen LogP contribution in [0.15, 0.2) is 29.6 Å². The number of thiophene rings is 1. The standard InChI is InChI=1S/C14H14F2O3S/c1-8-5-10(7-20-8)13(17)9-3-4-11(18-2)12(6-9)19-14(15)16/h3-7,13-14,17H,1-2H3. The molecule has 1 unspecified atom stereocenters. The van der Waals surface area contributed by atoms with Crippen molar-refractivity contribution in [2.24, 2.45) is 0 Å². The van der Waals surface area contributed by atoms with E-state index in [9.17, 15) is 13.9 Å². The first kappa shape index (κ1) is 14.7. The Bertz CT molecular complexity index is 584. The third-order valence-corrected chi connectivity index (χ3v) is 3.67. The predicted molar refractivity (Wildman–Crippen MR) is 72.7 cm³/mol.